The number of H-pyrrole nitrogens is 1. The minimum atomic E-state index is -4.23. The van der Waals surface area contributed by atoms with Crippen LogP contribution >= 0.6 is 7.75 Å². The van der Waals surface area contributed by atoms with Gasteiger partial charge in [-0.15, -0.1) is 0 Å². The maximum absolute atomic E-state index is 13.3. The highest BCUT2D eigenvalue weighted by atomic mass is 31.2. The molecule has 0 spiro atoms. The Hall–Kier alpha value is -2.87. The van der Waals surface area contributed by atoms with Crippen molar-refractivity contribution in [3.8, 4) is 5.75 Å². The number of carbonyl (C=O) groups excluding carboxylic acids is 1. The van der Waals surface area contributed by atoms with E-state index in [1.807, 2.05) is 4.98 Å². The number of para-hydroxylation sites is 1. The fraction of sp³-hybridized carbons (Fsp3) is 0.444. The number of nitrogens with zero attached hydrogens (tertiary/aromatic N) is 2. The summed E-state index contributed by atoms with van der Waals surface area (Å²) >= 11 is 0. The third kappa shape index (κ3) is 5.93. The van der Waals surface area contributed by atoms with Gasteiger partial charge in [-0.05, 0) is 19.1 Å². The van der Waals surface area contributed by atoms with Crippen LogP contribution in [0.25, 0.3) is 0 Å². The van der Waals surface area contributed by atoms with Gasteiger partial charge >= 0.3 is 19.4 Å². The van der Waals surface area contributed by atoms with Crippen LogP contribution in [0.3, 0.4) is 0 Å². The first-order chi connectivity index (χ1) is 15.6. The Bertz CT molecular complexity index is 1120. The van der Waals surface area contributed by atoms with Crippen LogP contribution in [0.4, 0.5) is 0 Å². The fourth-order valence-corrected chi connectivity index (χ4v) is 4.46. The van der Waals surface area contributed by atoms with E-state index in [1.54, 1.807) is 18.2 Å². The number of aromatic nitrogens is 3. The van der Waals surface area contributed by atoms with Crippen LogP contribution < -0.4 is 20.9 Å². The van der Waals surface area contributed by atoms with Gasteiger partial charge in [0.05, 0.1) is 13.7 Å². The minimum absolute atomic E-state index is 0.167. The summed E-state index contributed by atoms with van der Waals surface area (Å²) in [5, 5.41) is 26.6. The van der Waals surface area contributed by atoms with Crippen molar-refractivity contribution >= 4 is 13.7 Å². The average molecular weight is 486 g/mol. The van der Waals surface area contributed by atoms with Gasteiger partial charge in [0, 0.05) is 0 Å². The van der Waals surface area contributed by atoms with Crippen molar-refractivity contribution in [2.45, 2.75) is 37.5 Å². The average Bonchev–Trinajstić information content (AvgIpc) is 3.06. The molecule has 15 heteroatoms. The molecular weight excluding hydrogens is 463 g/mol. The third-order valence-electron chi connectivity index (χ3n) is 4.60. The summed E-state index contributed by atoms with van der Waals surface area (Å²) in [5.41, 5.74) is -1.72. The van der Waals surface area contributed by atoms with Crippen LogP contribution in [0.15, 0.2) is 46.1 Å². The lowest BCUT2D eigenvalue weighted by Gasteiger charge is -2.24. The second-order valence-electron chi connectivity index (χ2n) is 7.00. The molecule has 5 unspecified atom stereocenters. The van der Waals surface area contributed by atoms with E-state index in [0.29, 0.717) is 4.68 Å². The van der Waals surface area contributed by atoms with Crippen LogP contribution in [0.5, 0.6) is 5.75 Å². The fourth-order valence-electron chi connectivity index (χ4n) is 2.96. The van der Waals surface area contributed by atoms with E-state index in [9.17, 15) is 29.2 Å². The SMILES string of the molecule is COC(=O)[C@H](C)NP(=O)(OCC1OC(n2ncc(=O)[nH]c2=O)C(O)C1O)Oc1ccccc1. The molecule has 2 heterocycles. The molecule has 0 amide bonds. The minimum Gasteiger partial charge on any atom is -0.468 e. The predicted molar refractivity (Wildman–Crippen MR) is 110 cm³/mol. The van der Waals surface area contributed by atoms with E-state index in [1.165, 1.54) is 19.1 Å². The summed E-state index contributed by atoms with van der Waals surface area (Å²) in [6.45, 7) is 0.809. The Morgan fingerprint density at radius 3 is 2.64 bits per heavy atom. The zero-order valence-corrected chi connectivity index (χ0v) is 18.5. The zero-order chi connectivity index (χ0) is 24.2. The lowest BCUT2D eigenvalue weighted by Crippen LogP contribution is -2.39. The molecule has 14 nitrogen and oxygen atoms in total. The first-order valence-corrected chi connectivity index (χ1v) is 11.2. The van der Waals surface area contributed by atoms with Gasteiger partial charge in [-0.2, -0.15) is 14.9 Å². The number of nitrogens with one attached hydrogen (secondary N) is 2. The summed E-state index contributed by atoms with van der Waals surface area (Å²) in [4.78, 5) is 36.9. The molecule has 2 aromatic rings. The molecule has 1 aromatic carbocycles. The first kappa shape index (κ1) is 24.8. The number of benzene rings is 1. The number of methoxy groups -OCH3 is 1. The monoisotopic (exact) mass is 486 g/mol. The number of hydrogen-bond donors (Lipinski definition) is 4. The Morgan fingerprint density at radius 2 is 2.00 bits per heavy atom. The molecule has 0 bridgehead atoms. The van der Waals surface area contributed by atoms with Gasteiger partial charge in [0.25, 0.3) is 5.56 Å². The number of hydrogen-bond acceptors (Lipinski definition) is 11. The zero-order valence-electron chi connectivity index (χ0n) is 17.6. The van der Waals surface area contributed by atoms with Gasteiger partial charge in [0.15, 0.2) is 6.23 Å². The molecule has 4 N–H and O–H groups in total. The summed E-state index contributed by atoms with van der Waals surface area (Å²) < 4.78 is 34.9. The van der Waals surface area contributed by atoms with Gasteiger partial charge in [-0.25, -0.2) is 9.36 Å². The molecule has 0 aliphatic carbocycles. The lowest BCUT2D eigenvalue weighted by molar-refractivity contribution is -0.142. The van der Waals surface area contributed by atoms with Gasteiger partial charge in [-0.1, -0.05) is 18.2 Å². The summed E-state index contributed by atoms with van der Waals surface area (Å²) in [6, 6.07) is 6.90. The highest BCUT2D eigenvalue weighted by Gasteiger charge is 2.46. The highest BCUT2D eigenvalue weighted by Crippen LogP contribution is 2.45. The molecule has 1 aromatic heterocycles. The van der Waals surface area contributed by atoms with E-state index in [2.05, 4.69) is 14.9 Å². The second-order valence-corrected chi connectivity index (χ2v) is 8.70. The van der Waals surface area contributed by atoms with Crippen molar-refractivity contribution < 1.29 is 38.1 Å². The van der Waals surface area contributed by atoms with E-state index >= 15 is 0 Å². The number of aliphatic hydroxyl groups excluding tert-OH is 2. The summed E-state index contributed by atoms with van der Waals surface area (Å²) in [6.07, 6.45) is -5.11. The van der Waals surface area contributed by atoms with Crippen LogP contribution in [-0.2, 0) is 23.4 Å². The first-order valence-electron chi connectivity index (χ1n) is 9.68. The number of aromatic amines is 1. The van der Waals surface area contributed by atoms with Crippen LogP contribution in [0.1, 0.15) is 13.2 Å². The van der Waals surface area contributed by atoms with Crippen LogP contribution in [-0.4, -0.2) is 69.0 Å². The van der Waals surface area contributed by atoms with Crippen molar-refractivity contribution in [1.29, 1.82) is 0 Å². The van der Waals surface area contributed by atoms with Crippen molar-refractivity contribution in [2.75, 3.05) is 13.7 Å². The molecule has 1 fully saturated rings. The predicted octanol–water partition coefficient (Wildman–Crippen LogP) is -1.09. The molecular formula is C18H23N4O10P. The normalized spacial score (nSPS) is 25.2. The Kier molecular flexibility index (Phi) is 7.79. The van der Waals surface area contributed by atoms with E-state index in [0.717, 1.165) is 13.3 Å². The number of aliphatic hydroxyl groups is 2. The van der Waals surface area contributed by atoms with E-state index < -0.39 is 62.2 Å². The largest absolute Gasteiger partial charge is 0.468 e. The van der Waals surface area contributed by atoms with Gasteiger partial charge in [0.1, 0.15) is 36.3 Å². The smallest absolute Gasteiger partial charge is 0.459 e. The quantitative estimate of drug-likeness (QED) is 0.248. The molecule has 0 saturated carbocycles. The standard InChI is InChI=1S/C18H23N4O10P/c1-10(17(26)29-2)21-33(28,32-11-6-4-3-5-7-11)30-9-12-14(24)15(25)16(31-12)22-18(27)20-13(23)8-19-22/h3-8,10,12,14-16,24-25H,9H2,1-2H3,(H,21,28)(H,20,23,27)/t10-,12?,14?,15?,16?,33?/m0/s1. The molecule has 1 saturated heterocycles. The van der Waals surface area contributed by atoms with Gasteiger partial charge in [0.2, 0.25) is 0 Å². The number of rotatable bonds is 9. The molecule has 1 aliphatic rings. The van der Waals surface area contributed by atoms with E-state index in [4.69, 9.17) is 13.8 Å². The van der Waals surface area contributed by atoms with Crippen LogP contribution in [0.2, 0.25) is 0 Å². The van der Waals surface area contributed by atoms with Crippen LogP contribution in [0, 0.1) is 0 Å². The Morgan fingerprint density at radius 1 is 1.30 bits per heavy atom. The number of ether oxygens (including phenoxy) is 2. The Balaban J connectivity index is 1.76. The maximum Gasteiger partial charge on any atom is 0.459 e. The summed E-state index contributed by atoms with van der Waals surface area (Å²) in [7, 11) is -3.07. The third-order valence-corrected chi connectivity index (χ3v) is 6.24. The number of esters is 1. The lowest BCUT2D eigenvalue weighted by atomic mass is 10.1. The van der Waals surface area contributed by atoms with E-state index in [-0.39, 0.29) is 5.75 Å². The summed E-state index contributed by atoms with van der Waals surface area (Å²) in [5.74, 6) is -0.563. The molecule has 6 atom stereocenters. The molecule has 3 rings (SSSR count). The van der Waals surface area contributed by atoms with Crippen molar-refractivity contribution in [3.63, 3.8) is 0 Å². The molecule has 1 aliphatic heterocycles. The van der Waals surface area contributed by atoms with Crippen molar-refractivity contribution in [3.05, 3.63) is 57.4 Å². The van der Waals surface area contributed by atoms with Crippen molar-refractivity contribution in [2.24, 2.45) is 0 Å². The molecule has 0 radical (unpaired) electrons. The highest BCUT2D eigenvalue weighted by molar-refractivity contribution is 7.52. The second kappa shape index (κ2) is 10.4. The maximum atomic E-state index is 13.3. The van der Waals surface area contributed by atoms with Gasteiger partial charge in [-0.3, -0.25) is 19.1 Å². The topological polar surface area (TPSA) is 191 Å². The molecule has 33 heavy (non-hydrogen) atoms. The van der Waals surface area contributed by atoms with Gasteiger partial charge < -0.3 is 24.2 Å². The van der Waals surface area contributed by atoms with Crippen molar-refractivity contribution in [1.82, 2.24) is 19.9 Å². The Labute approximate surface area is 186 Å². The number of carbonyl (C=O) groups is 1. The molecule has 180 valence electrons.